The summed E-state index contributed by atoms with van der Waals surface area (Å²) < 4.78 is 11.6. The molecule has 3 aliphatic rings. The van der Waals surface area contributed by atoms with Crippen LogP contribution in [-0.4, -0.2) is 23.6 Å². The lowest BCUT2D eigenvalue weighted by atomic mass is 9.72. The average Bonchev–Trinajstić information content (AvgIpc) is 3.26. The number of esters is 1. The van der Waals surface area contributed by atoms with E-state index in [1.165, 1.54) is 6.26 Å². The molecule has 6 nitrogen and oxygen atoms in total. The quantitative estimate of drug-likeness (QED) is 0.686. The predicted molar refractivity (Wildman–Crippen MR) is 116 cm³/mol. The molecule has 2 unspecified atom stereocenters. The number of carbonyl (C=O) groups excluding carboxylic acids is 2. The third-order valence-electron chi connectivity index (χ3n) is 6.72. The zero-order valence-electron chi connectivity index (χ0n) is 17.6. The minimum Gasteiger partial charge on any atom is -0.464 e. The minimum absolute atomic E-state index is 0.0475. The van der Waals surface area contributed by atoms with Crippen molar-refractivity contribution < 1.29 is 18.7 Å². The summed E-state index contributed by atoms with van der Waals surface area (Å²) in [4.78, 5) is 44.4. The number of benzene rings is 1. The fraction of sp³-hybridized carbons (Fsp3) is 0.440. The molecule has 0 saturated heterocycles. The van der Waals surface area contributed by atoms with Gasteiger partial charge in [-0.2, -0.15) is 0 Å². The number of hydrogen-bond acceptors (Lipinski definition) is 6. The van der Waals surface area contributed by atoms with Gasteiger partial charge < -0.3 is 9.15 Å². The van der Waals surface area contributed by atoms with Crippen molar-refractivity contribution in [3.63, 3.8) is 0 Å². The molecule has 0 spiro atoms. The van der Waals surface area contributed by atoms with Gasteiger partial charge in [-0.3, -0.25) is 19.4 Å². The summed E-state index contributed by atoms with van der Waals surface area (Å²) in [5.41, 5.74) is 2.35. The van der Waals surface area contributed by atoms with Gasteiger partial charge in [-0.1, -0.05) is 12.1 Å². The molecular formula is C25H25NO5. The zero-order chi connectivity index (χ0) is 21.5. The Morgan fingerprint density at radius 1 is 1.10 bits per heavy atom. The van der Waals surface area contributed by atoms with Crippen molar-refractivity contribution in [1.82, 2.24) is 0 Å². The summed E-state index contributed by atoms with van der Waals surface area (Å²) in [6.07, 6.45) is 6.88. The van der Waals surface area contributed by atoms with Crippen molar-refractivity contribution >= 4 is 28.4 Å². The number of rotatable bonds is 3. The smallest absolute Gasteiger partial charge is 0.315 e. The van der Waals surface area contributed by atoms with Crippen LogP contribution in [0.3, 0.4) is 0 Å². The van der Waals surface area contributed by atoms with E-state index in [-0.39, 0.29) is 17.3 Å². The molecular weight excluding hydrogens is 394 g/mol. The molecule has 2 aliphatic carbocycles. The molecule has 31 heavy (non-hydrogen) atoms. The van der Waals surface area contributed by atoms with Gasteiger partial charge >= 0.3 is 5.97 Å². The molecule has 0 radical (unpaired) electrons. The van der Waals surface area contributed by atoms with Gasteiger partial charge in [0.15, 0.2) is 11.2 Å². The maximum Gasteiger partial charge on any atom is 0.315 e. The minimum atomic E-state index is -0.800. The topological polar surface area (TPSA) is 85.9 Å². The molecule has 1 saturated carbocycles. The first-order valence-electron chi connectivity index (χ1n) is 11.1. The SMILES string of the molecule is CC1=NC2=C(C(=O)CCC2)C(c2coc3ccccc3c2=O)C1C(=O)OC1CCCC1. The number of Topliss-reactive ketones (excluding diaryl/α,β-unsaturated/α-hetero) is 1. The highest BCUT2D eigenvalue weighted by Gasteiger charge is 2.45. The van der Waals surface area contributed by atoms with E-state index in [4.69, 9.17) is 9.15 Å². The van der Waals surface area contributed by atoms with Crippen LogP contribution in [0.4, 0.5) is 0 Å². The molecule has 2 heterocycles. The third kappa shape index (κ3) is 3.44. The number of allylic oxidation sites excluding steroid dienone is 2. The first kappa shape index (κ1) is 19.9. The van der Waals surface area contributed by atoms with E-state index < -0.39 is 17.8 Å². The highest BCUT2D eigenvalue weighted by atomic mass is 16.5. The van der Waals surface area contributed by atoms with Crippen molar-refractivity contribution in [2.45, 2.75) is 63.9 Å². The molecule has 160 valence electrons. The van der Waals surface area contributed by atoms with E-state index in [1.807, 2.05) is 0 Å². The standard InChI is InChI=1S/C25H25NO5/c1-14-21(25(29)31-15-7-2-3-8-15)22(23-18(26-14)10-6-11-19(23)27)17-13-30-20-12-5-4-9-16(20)24(17)28/h4-5,9,12-13,15,21-22H,2-3,6-8,10-11H2,1H3. The highest BCUT2D eigenvalue weighted by Crippen LogP contribution is 2.43. The zero-order valence-corrected chi connectivity index (χ0v) is 17.6. The van der Waals surface area contributed by atoms with Gasteiger partial charge in [-0.25, -0.2) is 0 Å². The van der Waals surface area contributed by atoms with E-state index in [9.17, 15) is 14.4 Å². The van der Waals surface area contributed by atoms with Gasteiger partial charge in [0.2, 0.25) is 0 Å². The molecule has 5 rings (SSSR count). The monoisotopic (exact) mass is 419 g/mol. The second-order valence-corrected chi connectivity index (χ2v) is 8.71. The third-order valence-corrected chi connectivity index (χ3v) is 6.72. The number of para-hydroxylation sites is 1. The van der Waals surface area contributed by atoms with Crippen LogP contribution >= 0.6 is 0 Å². The lowest BCUT2D eigenvalue weighted by molar-refractivity contribution is -0.151. The van der Waals surface area contributed by atoms with Crippen molar-refractivity contribution in [3.8, 4) is 0 Å². The van der Waals surface area contributed by atoms with Crippen molar-refractivity contribution in [2.75, 3.05) is 0 Å². The van der Waals surface area contributed by atoms with Crippen LogP contribution in [0, 0.1) is 5.92 Å². The Hall–Kier alpha value is -3.02. The van der Waals surface area contributed by atoms with Crippen LogP contribution in [0.2, 0.25) is 0 Å². The average molecular weight is 419 g/mol. The van der Waals surface area contributed by atoms with Crippen molar-refractivity contribution in [3.05, 3.63) is 57.6 Å². The highest BCUT2D eigenvalue weighted by molar-refractivity contribution is 6.09. The Morgan fingerprint density at radius 3 is 2.68 bits per heavy atom. The number of ether oxygens (including phenoxy) is 1. The van der Waals surface area contributed by atoms with Gasteiger partial charge in [0.05, 0.1) is 11.6 Å². The van der Waals surface area contributed by atoms with Crippen molar-refractivity contribution in [2.24, 2.45) is 10.9 Å². The first-order chi connectivity index (χ1) is 15.0. The Balaban J connectivity index is 1.65. The molecule has 2 atom stereocenters. The maximum absolute atomic E-state index is 13.4. The largest absolute Gasteiger partial charge is 0.464 e. The van der Waals surface area contributed by atoms with Gasteiger partial charge in [-0.05, 0) is 57.6 Å². The summed E-state index contributed by atoms with van der Waals surface area (Å²) in [5.74, 6) is -1.98. The molecule has 0 amide bonds. The second-order valence-electron chi connectivity index (χ2n) is 8.71. The van der Waals surface area contributed by atoms with Crippen LogP contribution in [0.1, 0.15) is 63.4 Å². The van der Waals surface area contributed by atoms with Gasteiger partial charge in [0, 0.05) is 34.9 Å². The summed E-state index contributed by atoms with van der Waals surface area (Å²) in [7, 11) is 0. The van der Waals surface area contributed by atoms with Crippen LogP contribution in [0.15, 0.2) is 56.0 Å². The van der Waals surface area contributed by atoms with Gasteiger partial charge in [0.1, 0.15) is 17.6 Å². The van der Waals surface area contributed by atoms with E-state index in [0.717, 1.165) is 32.1 Å². The number of aliphatic imine (C=N–C) groups is 1. The van der Waals surface area contributed by atoms with Crippen LogP contribution in [0.25, 0.3) is 11.0 Å². The fourth-order valence-corrected chi connectivity index (χ4v) is 5.20. The van der Waals surface area contributed by atoms with E-state index >= 15 is 0 Å². The van der Waals surface area contributed by atoms with Crippen molar-refractivity contribution in [1.29, 1.82) is 0 Å². The van der Waals surface area contributed by atoms with E-state index in [0.29, 0.717) is 46.4 Å². The van der Waals surface area contributed by atoms with E-state index in [1.54, 1.807) is 31.2 Å². The first-order valence-corrected chi connectivity index (χ1v) is 11.1. The number of hydrogen-bond donors (Lipinski definition) is 0. The molecule has 2 aromatic rings. The molecule has 0 bridgehead atoms. The molecule has 0 N–H and O–H groups in total. The Kier molecular flexibility index (Phi) is 5.08. The van der Waals surface area contributed by atoms with Crippen LogP contribution < -0.4 is 5.43 Å². The molecule has 1 fully saturated rings. The van der Waals surface area contributed by atoms with Crippen LogP contribution in [0.5, 0.6) is 0 Å². The molecule has 6 heteroatoms. The number of fused-ring (bicyclic) bond motifs is 1. The normalized spacial score (nSPS) is 24.3. The maximum atomic E-state index is 13.4. The predicted octanol–water partition coefficient (Wildman–Crippen LogP) is 4.46. The lowest BCUT2D eigenvalue weighted by Gasteiger charge is -2.34. The number of ketones is 1. The van der Waals surface area contributed by atoms with Crippen LogP contribution in [-0.2, 0) is 14.3 Å². The Bertz CT molecular complexity index is 1180. The number of nitrogens with zero attached hydrogens (tertiary/aromatic N) is 1. The van der Waals surface area contributed by atoms with Gasteiger partial charge in [-0.15, -0.1) is 0 Å². The number of carbonyl (C=O) groups is 2. The lowest BCUT2D eigenvalue weighted by Crippen LogP contribution is -2.40. The Labute approximate surface area is 180 Å². The van der Waals surface area contributed by atoms with Gasteiger partial charge in [0.25, 0.3) is 0 Å². The second kappa shape index (κ2) is 7.91. The summed E-state index contributed by atoms with van der Waals surface area (Å²) in [5, 5.41) is 0.438. The van der Waals surface area contributed by atoms with E-state index in [2.05, 4.69) is 4.99 Å². The summed E-state index contributed by atoms with van der Waals surface area (Å²) in [6, 6.07) is 7.02. The summed E-state index contributed by atoms with van der Waals surface area (Å²) >= 11 is 0. The summed E-state index contributed by atoms with van der Waals surface area (Å²) in [6.45, 7) is 1.79. The fourth-order valence-electron chi connectivity index (χ4n) is 5.20. The molecule has 1 aromatic heterocycles. The molecule has 1 aromatic carbocycles. The molecule has 1 aliphatic heterocycles. The Morgan fingerprint density at radius 2 is 1.87 bits per heavy atom.